The first-order chi connectivity index (χ1) is 16.0. The summed E-state index contributed by atoms with van der Waals surface area (Å²) in [7, 11) is -9.75. The number of carbonyl (C=O) groups is 2. The molecule has 0 bridgehead atoms. The van der Waals surface area contributed by atoms with Gasteiger partial charge in [0, 0.05) is 6.92 Å². The second-order valence-corrected chi connectivity index (χ2v) is 13.0. The summed E-state index contributed by atoms with van der Waals surface area (Å²) >= 11 is 0. The Hall–Kier alpha value is -2.80. The highest BCUT2D eigenvalue weighted by Gasteiger charge is 2.40. The molecule has 0 aliphatic heterocycles. The van der Waals surface area contributed by atoms with Crippen LogP contribution in [0.1, 0.15) is 42.1 Å². The quantitative estimate of drug-likeness (QED) is 0.308. The minimum absolute atomic E-state index is 0.290. The molecular formula is C22H26N2O8S2. The Kier molecular flexibility index (Phi) is 8.08. The number of rotatable bonds is 8. The number of hydrogen-bond acceptors (Lipinski definition) is 9. The first-order valence-electron chi connectivity index (χ1n) is 10.5. The van der Waals surface area contributed by atoms with Crippen molar-refractivity contribution in [2.45, 2.75) is 56.3 Å². The lowest BCUT2D eigenvalue weighted by Crippen LogP contribution is -2.59. The minimum Gasteiger partial charge on any atom is -0.461 e. The van der Waals surface area contributed by atoms with Crippen LogP contribution in [0.5, 0.6) is 0 Å². The number of benzene rings is 2. The Morgan fingerprint density at radius 2 is 1.47 bits per heavy atom. The van der Waals surface area contributed by atoms with E-state index in [0.717, 1.165) is 5.56 Å². The molecule has 1 fully saturated rings. The van der Waals surface area contributed by atoms with E-state index in [9.17, 15) is 26.4 Å². The Labute approximate surface area is 198 Å². The van der Waals surface area contributed by atoms with Crippen LogP contribution in [0.2, 0.25) is 0 Å². The molecule has 10 nitrogen and oxygen atoms in total. The number of nitrogens with one attached hydrogen (secondary N) is 2. The molecule has 2 aromatic rings. The molecule has 184 valence electrons. The lowest BCUT2D eigenvalue weighted by atomic mass is 9.90. The van der Waals surface area contributed by atoms with Gasteiger partial charge in [0.05, 0.1) is 16.5 Å². The number of carbonyl (C=O) groups excluding carboxylic acids is 2. The number of esters is 2. The van der Waals surface area contributed by atoms with Gasteiger partial charge in [-0.05, 0) is 50.5 Å². The van der Waals surface area contributed by atoms with E-state index in [0.29, 0.717) is 24.8 Å². The van der Waals surface area contributed by atoms with Crippen molar-refractivity contribution in [1.82, 2.24) is 10.3 Å². The van der Waals surface area contributed by atoms with Crippen molar-refractivity contribution < 1.29 is 35.9 Å². The molecule has 1 aliphatic carbocycles. The smallest absolute Gasteiger partial charge is 0.338 e. The second-order valence-electron chi connectivity index (χ2n) is 7.88. The maximum atomic E-state index is 12.7. The van der Waals surface area contributed by atoms with E-state index >= 15 is 0 Å². The second kappa shape index (κ2) is 10.6. The summed E-state index contributed by atoms with van der Waals surface area (Å²) in [6.07, 6.45) is -0.499. The van der Waals surface area contributed by atoms with Gasteiger partial charge < -0.3 is 9.47 Å². The highest BCUT2D eigenvalue weighted by Crippen LogP contribution is 2.26. The SMILES string of the molecule is CC(=O)O[C@H]1CCC[C@H](OC(=O)c2ccccc2)[C@H]1NNS(=O)(=O)S(=O)(=O)c1ccc(C)cc1. The summed E-state index contributed by atoms with van der Waals surface area (Å²) in [5, 5.41) is 0. The molecule has 12 heteroatoms. The number of aryl methyl sites for hydroxylation is 1. The Balaban J connectivity index is 1.81. The van der Waals surface area contributed by atoms with Gasteiger partial charge in [0.25, 0.3) is 8.87 Å². The fraction of sp³-hybridized carbons (Fsp3) is 0.364. The maximum absolute atomic E-state index is 12.7. The fourth-order valence-electron chi connectivity index (χ4n) is 3.59. The number of ether oxygens (including phenoxy) is 2. The highest BCUT2D eigenvalue weighted by atomic mass is 33.2. The normalized spacial score (nSPS) is 20.9. The third kappa shape index (κ3) is 6.00. The molecule has 3 atom stereocenters. The predicted octanol–water partition coefficient (Wildman–Crippen LogP) is 1.82. The topological polar surface area (TPSA) is 145 Å². The minimum atomic E-state index is -4.95. The first kappa shape index (κ1) is 25.8. The molecule has 0 saturated heterocycles. The third-order valence-corrected chi connectivity index (χ3v) is 9.67. The van der Waals surface area contributed by atoms with Gasteiger partial charge in [-0.2, -0.15) is 8.42 Å². The molecule has 0 radical (unpaired) electrons. The monoisotopic (exact) mass is 510 g/mol. The van der Waals surface area contributed by atoms with Crippen LogP contribution >= 0.6 is 0 Å². The van der Waals surface area contributed by atoms with Crippen molar-refractivity contribution >= 4 is 29.9 Å². The molecule has 0 spiro atoms. The van der Waals surface area contributed by atoms with Gasteiger partial charge in [-0.25, -0.2) is 18.6 Å². The summed E-state index contributed by atoms with van der Waals surface area (Å²) in [6.45, 7) is 2.93. The van der Waals surface area contributed by atoms with E-state index in [2.05, 4.69) is 5.43 Å². The fourth-order valence-corrected chi connectivity index (χ4v) is 6.27. The van der Waals surface area contributed by atoms with Crippen LogP contribution in [-0.2, 0) is 32.2 Å². The van der Waals surface area contributed by atoms with Crippen molar-refractivity contribution in [2.24, 2.45) is 0 Å². The van der Waals surface area contributed by atoms with Gasteiger partial charge in [-0.15, -0.1) is 4.83 Å². The Morgan fingerprint density at radius 3 is 2.06 bits per heavy atom. The summed E-state index contributed by atoms with van der Waals surface area (Å²) in [6, 6.07) is 12.5. The first-order valence-corrected chi connectivity index (χ1v) is 14.0. The summed E-state index contributed by atoms with van der Waals surface area (Å²) in [5.74, 6) is -1.25. The van der Waals surface area contributed by atoms with E-state index in [-0.39, 0.29) is 0 Å². The molecule has 34 heavy (non-hydrogen) atoms. The van der Waals surface area contributed by atoms with Crippen LogP contribution in [0.4, 0.5) is 0 Å². The van der Waals surface area contributed by atoms with Gasteiger partial charge in [-0.3, -0.25) is 4.79 Å². The highest BCUT2D eigenvalue weighted by molar-refractivity contribution is 8.66. The molecule has 0 amide bonds. The van der Waals surface area contributed by atoms with Crippen molar-refractivity contribution in [3.63, 3.8) is 0 Å². The van der Waals surface area contributed by atoms with Crippen LogP contribution < -0.4 is 10.3 Å². The lowest BCUT2D eigenvalue weighted by Gasteiger charge is -2.37. The van der Waals surface area contributed by atoms with Gasteiger partial charge in [0.2, 0.25) is 0 Å². The van der Waals surface area contributed by atoms with E-state index in [4.69, 9.17) is 9.47 Å². The average molecular weight is 511 g/mol. The van der Waals surface area contributed by atoms with Crippen LogP contribution in [0.15, 0.2) is 59.5 Å². The van der Waals surface area contributed by atoms with Crippen molar-refractivity contribution in [1.29, 1.82) is 0 Å². The number of hydrazine groups is 1. The Morgan fingerprint density at radius 1 is 0.882 bits per heavy atom. The van der Waals surface area contributed by atoms with E-state index in [1.807, 2.05) is 4.83 Å². The largest absolute Gasteiger partial charge is 0.461 e. The summed E-state index contributed by atoms with van der Waals surface area (Å²) in [5.41, 5.74) is 3.49. The van der Waals surface area contributed by atoms with Gasteiger partial charge in [-0.1, -0.05) is 35.9 Å². The van der Waals surface area contributed by atoms with Crippen LogP contribution in [0, 0.1) is 6.92 Å². The zero-order chi connectivity index (χ0) is 24.9. The lowest BCUT2D eigenvalue weighted by molar-refractivity contribution is -0.152. The molecule has 1 saturated carbocycles. The molecule has 2 N–H and O–H groups in total. The Bertz CT molecular complexity index is 1230. The van der Waals surface area contributed by atoms with Gasteiger partial charge >= 0.3 is 21.0 Å². The standard InChI is InChI=1S/C22H26N2O8S2/c1-15-11-13-18(14-12-15)33(27,28)34(29,30)24-23-21-19(31-16(2)25)9-6-10-20(21)32-22(26)17-7-4-3-5-8-17/h3-5,7-8,11-14,19-21,23-24H,6,9-10H2,1-2H3/t19-,20-,21-/m0/s1. The third-order valence-electron chi connectivity index (χ3n) is 5.31. The molecule has 1 aliphatic rings. The van der Waals surface area contributed by atoms with E-state index < -0.39 is 53.0 Å². The summed E-state index contributed by atoms with van der Waals surface area (Å²) < 4.78 is 61.6. The molecular weight excluding hydrogens is 484 g/mol. The van der Waals surface area contributed by atoms with E-state index in [1.165, 1.54) is 31.2 Å². The average Bonchev–Trinajstić information content (AvgIpc) is 2.79. The van der Waals surface area contributed by atoms with Crippen LogP contribution in [0.3, 0.4) is 0 Å². The maximum Gasteiger partial charge on any atom is 0.338 e. The number of hydrogen-bond donors (Lipinski definition) is 2. The molecule has 0 aromatic heterocycles. The molecule has 2 aromatic carbocycles. The van der Waals surface area contributed by atoms with Gasteiger partial charge in [0.15, 0.2) is 0 Å². The van der Waals surface area contributed by atoms with Crippen molar-refractivity contribution in [2.75, 3.05) is 0 Å². The zero-order valence-electron chi connectivity index (χ0n) is 18.6. The molecule has 0 heterocycles. The molecule has 0 unspecified atom stereocenters. The predicted molar refractivity (Wildman–Crippen MR) is 122 cm³/mol. The van der Waals surface area contributed by atoms with Crippen molar-refractivity contribution in [3.05, 3.63) is 65.7 Å². The van der Waals surface area contributed by atoms with Gasteiger partial charge in [0.1, 0.15) is 12.2 Å². The van der Waals surface area contributed by atoms with Crippen molar-refractivity contribution in [3.8, 4) is 0 Å². The van der Waals surface area contributed by atoms with Crippen LogP contribution in [0.25, 0.3) is 0 Å². The van der Waals surface area contributed by atoms with E-state index in [1.54, 1.807) is 37.3 Å². The molecule has 3 rings (SSSR count). The summed E-state index contributed by atoms with van der Waals surface area (Å²) in [4.78, 5) is 25.6. The zero-order valence-corrected chi connectivity index (χ0v) is 20.3. The van der Waals surface area contributed by atoms with Crippen LogP contribution in [-0.4, -0.2) is 47.0 Å².